The number of aryl methyl sites for hydroxylation is 1. The van der Waals surface area contributed by atoms with Gasteiger partial charge in [0, 0.05) is 49.5 Å². The highest BCUT2D eigenvalue weighted by molar-refractivity contribution is 5.94. The topological polar surface area (TPSA) is 71.8 Å². The molecule has 4 aromatic rings. The zero-order valence-electron chi connectivity index (χ0n) is 17.1. The second-order valence-electron chi connectivity index (χ2n) is 7.57. The van der Waals surface area contributed by atoms with Crippen LogP contribution in [-0.4, -0.2) is 20.0 Å². The number of benzene rings is 1. The zero-order chi connectivity index (χ0) is 21.3. The van der Waals surface area contributed by atoms with E-state index in [9.17, 15) is 9.59 Å². The van der Waals surface area contributed by atoms with Crippen LogP contribution in [0.15, 0.2) is 84.6 Å². The van der Waals surface area contributed by atoms with Gasteiger partial charge in [-0.3, -0.25) is 9.59 Å². The quantitative estimate of drug-likeness (QED) is 0.486. The summed E-state index contributed by atoms with van der Waals surface area (Å²) in [6, 6.07) is 14.9. The van der Waals surface area contributed by atoms with E-state index >= 15 is 0 Å². The number of aromatic nitrogens is 3. The molecule has 3 aromatic heterocycles. The molecule has 0 unspecified atom stereocenters. The molecule has 30 heavy (non-hydrogen) atoms. The van der Waals surface area contributed by atoms with Gasteiger partial charge < -0.3 is 19.4 Å². The molecular formula is C24H24N4O2. The Bertz CT molecular complexity index is 1290. The van der Waals surface area contributed by atoms with Crippen molar-refractivity contribution in [2.24, 2.45) is 7.05 Å². The van der Waals surface area contributed by atoms with E-state index in [1.807, 2.05) is 49.0 Å². The van der Waals surface area contributed by atoms with Gasteiger partial charge in [0.1, 0.15) is 5.54 Å². The third-order valence-corrected chi connectivity index (χ3v) is 5.58. The molecule has 0 aliphatic heterocycles. The molecule has 0 radical (unpaired) electrons. The number of carbonyl (C=O) groups excluding carboxylic acids is 1. The van der Waals surface area contributed by atoms with Crippen molar-refractivity contribution < 1.29 is 4.79 Å². The van der Waals surface area contributed by atoms with Gasteiger partial charge in [-0.05, 0) is 48.2 Å². The molecule has 2 N–H and O–H groups in total. The lowest BCUT2D eigenvalue weighted by atomic mass is 9.96. The second-order valence-corrected chi connectivity index (χ2v) is 7.57. The van der Waals surface area contributed by atoms with Crippen molar-refractivity contribution >= 4 is 16.8 Å². The highest BCUT2D eigenvalue weighted by atomic mass is 16.1. The number of pyridine rings is 1. The van der Waals surface area contributed by atoms with E-state index in [4.69, 9.17) is 0 Å². The number of aromatic amines is 1. The molecule has 0 spiro atoms. The third-order valence-electron chi connectivity index (χ3n) is 5.58. The molecule has 1 amide bonds. The van der Waals surface area contributed by atoms with E-state index in [-0.39, 0.29) is 11.5 Å². The predicted octanol–water partition coefficient (Wildman–Crippen LogP) is 3.55. The van der Waals surface area contributed by atoms with Crippen LogP contribution in [-0.2, 0) is 19.1 Å². The monoisotopic (exact) mass is 400 g/mol. The minimum Gasteiger partial charge on any atom is -0.361 e. The van der Waals surface area contributed by atoms with Crippen molar-refractivity contribution in [2.75, 3.05) is 0 Å². The summed E-state index contributed by atoms with van der Waals surface area (Å²) < 4.78 is 3.48. The van der Waals surface area contributed by atoms with Gasteiger partial charge in [0.15, 0.2) is 0 Å². The summed E-state index contributed by atoms with van der Waals surface area (Å²) in [7, 11) is 1.86. The van der Waals surface area contributed by atoms with Gasteiger partial charge in [-0.25, -0.2) is 0 Å². The van der Waals surface area contributed by atoms with Crippen LogP contribution in [0.5, 0.6) is 0 Å². The maximum atomic E-state index is 12.8. The first-order chi connectivity index (χ1) is 14.4. The van der Waals surface area contributed by atoms with E-state index in [2.05, 4.69) is 22.9 Å². The summed E-state index contributed by atoms with van der Waals surface area (Å²) in [5.41, 5.74) is 2.51. The SMILES string of the molecule is C=C[C@](C)(c1cc(C(=O)NCc2ccc3[nH]ccc3c2)cn1C)n1ccccc1=O. The largest absolute Gasteiger partial charge is 0.361 e. The first-order valence-corrected chi connectivity index (χ1v) is 9.75. The molecule has 0 saturated heterocycles. The second kappa shape index (κ2) is 7.55. The molecule has 0 bridgehead atoms. The molecule has 0 aliphatic rings. The number of amides is 1. The van der Waals surface area contributed by atoms with Gasteiger partial charge in [-0.15, -0.1) is 6.58 Å². The minimum atomic E-state index is -0.787. The van der Waals surface area contributed by atoms with Crippen LogP contribution in [0.1, 0.15) is 28.5 Å². The first kappa shape index (κ1) is 19.5. The van der Waals surface area contributed by atoms with Gasteiger partial charge in [0.05, 0.1) is 5.56 Å². The number of H-pyrrole nitrogens is 1. The van der Waals surface area contributed by atoms with E-state index in [0.29, 0.717) is 12.1 Å². The summed E-state index contributed by atoms with van der Waals surface area (Å²) >= 11 is 0. The van der Waals surface area contributed by atoms with Crippen molar-refractivity contribution in [3.8, 4) is 0 Å². The van der Waals surface area contributed by atoms with Crippen LogP contribution in [0.2, 0.25) is 0 Å². The highest BCUT2D eigenvalue weighted by Crippen LogP contribution is 2.27. The predicted molar refractivity (Wildman–Crippen MR) is 119 cm³/mol. The van der Waals surface area contributed by atoms with Crippen LogP contribution in [0, 0.1) is 0 Å². The minimum absolute atomic E-state index is 0.132. The lowest BCUT2D eigenvalue weighted by Crippen LogP contribution is -2.38. The standard InChI is InChI=1S/C24H24N4O2/c1-4-24(2,28-12-6-5-7-22(28)29)21-14-19(16-27(21)3)23(30)26-15-17-8-9-20-18(13-17)10-11-25-20/h4-14,16,25H,1,15H2,2-3H3,(H,26,30)/t24-/m1/s1. The van der Waals surface area contributed by atoms with Gasteiger partial charge in [-0.1, -0.05) is 18.2 Å². The van der Waals surface area contributed by atoms with Gasteiger partial charge in [0.2, 0.25) is 0 Å². The highest BCUT2D eigenvalue weighted by Gasteiger charge is 2.30. The first-order valence-electron chi connectivity index (χ1n) is 9.75. The smallest absolute Gasteiger partial charge is 0.253 e. The normalized spacial score (nSPS) is 13.1. The van der Waals surface area contributed by atoms with Gasteiger partial charge in [0.25, 0.3) is 11.5 Å². The number of nitrogens with one attached hydrogen (secondary N) is 2. The molecule has 1 aromatic carbocycles. The Labute approximate surface area is 174 Å². The average Bonchev–Trinajstić information content (AvgIpc) is 3.38. The average molecular weight is 400 g/mol. The molecule has 1 atom stereocenters. The number of nitrogens with zero attached hydrogens (tertiary/aromatic N) is 2. The fraction of sp³-hybridized carbons (Fsp3) is 0.167. The number of fused-ring (bicyclic) bond motifs is 1. The third kappa shape index (κ3) is 3.37. The molecule has 6 heteroatoms. The van der Waals surface area contributed by atoms with Crippen LogP contribution >= 0.6 is 0 Å². The van der Waals surface area contributed by atoms with Crippen LogP contribution in [0.25, 0.3) is 10.9 Å². The molecule has 0 fully saturated rings. The summed E-state index contributed by atoms with van der Waals surface area (Å²) in [6.07, 6.45) is 7.12. The van der Waals surface area contributed by atoms with Crippen molar-refractivity contribution in [1.82, 2.24) is 19.4 Å². The summed E-state index contributed by atoms with van der Waals surface area (Å²) in [5.74, 6) is -0.169. The summed E-state index contributed by atoms with van der Waals surface area (Å²) in [4.78, 5) is 28.4. The van der Waals surface area contributed by atoms with E-state index in [0.717, 1.165) is 22.2 Å². The number of hydrogen-bond donors (Lipinski definition) is 2. The fourth-order valence-corrected chi connectivity index (χ4v) is 3.83. The molecule has 3 heterocycles. The number of hydrogen-bond acceptors (Lipinski definition) is 2. The van der Waals surface area contributed by atoms with E-state index in [1.54, 1.807) is 35.2 Å². The van der Waals surface area contributed by atoms with Crippen molar-refractivity contribution in [2.45, 2.75) is 19.0 Å². The molecule has 6 nitrogen and oxygen atoms in total. The molecule has 0 saturated carbocycles. The molecule has 152 valence electrons. The summed E-state index contributed by atoms with van der Waals surface area (Å²) in [6.45, 7) is 6.28. The Hall–Kier alpha value is -3.80. The van der Waals surface area contributed by atoms with Crippen LogP contribution in [0.3, 0.4) is 0 Å². The number of carbonyl (C=O) groups is 1. The number of rotatable bonds is 6. The lowest BCUT2D eigenvalue weighted by molar-refractivity contribution is 0.0951. The Morgan fingerprint density at radius 3 is 2.83 bits per heavy atom. The van der Waals surface area contributed by atoms with Crippen molar-refractivity contribution in [1.29, 1.82) is 0 Å². The lowest BCUT2D eigenvalue weighted by Gasteiger charge is -2.29. The van der Waals surface area contributed by atoms with Gasteiger partial charge in [-0.2, -0.15) is 0 Å². The van der Waals surface area contributed by atoms with Crippen molar-refractivity contribution in [3.63, 3.8) is 0 Å². The Balaban J connectivity index is 1.58. The fourth-order valence-electron chi connectivity index (χ4n) is 3.83. The Kier molecular flexibility index (Phi) is 4.91. The van der Waals surface area contributed by atoms with Gasteiger partial charge >= 0.3 is 0 Å². The Morgan fingerprint density at radius 2 is 2.07 bits per heavy atom. The maximum Gasteiger partial charge on any atom is 0.253 e. The molecular weight excluding hydrogens is 376 g/mol. The van der Waals surface area contributed by atoms with E-state index in [1.165, 1.54) is 6.07 Å². The van der Waals surface area contributed by atoms with Crippen LogP contribution in [0.4, 0.5) is 0 Å². The van der Waals surface area contributed by atoms with Crippen LogP contribution < -0.4 is 10.9 Å². The van der Waals surface area contributed by atoms with Crippen molar-refractivity contribution in [3.05, 3.63) is 107 Å². The maximum absolute atomic E-state index is 12.8. The molecule has 4 rings (SSSR count). The Morgan fingerprint density at radius 1 is 1.23 bits per heavy atom. The molecule has 0 aliphatic carbocycles. The summed E-state index contributed by atoms with van der Waals surface area (Å²) in [5, 5.41) is 4.09. The van der Waals surface area contributed by atoms with E-state index < -0.39 is 5.54 Å². The number of allylic oxidation sites excluding steroid dienone is 1. The zero-order valence-corrected chi connectivity index (χ0v) is 17.1.